The van der Waals surface area contributed by atoms with Gasteiger partial charge in [-0.05, 0) is 0 Å². The van der Waals surface area contributed by atoms with Crippen LogP contribution in [0.5, 0.6) is 0 Å². The van der Waals surface area contributed by atoms with Gasteiger partial charge in [-0.25, -0.2) is 0 Å². The summed E-state index contributed by atoms with van der Waals surface area (Å²) in [4.78, 5) is 0. The van der Waals surface area contributed by atoms with E-state index in [2.05, 4.69) is 0 Å². The molecular formula is C10F22S. The third-order valence-electron chi connectivity index (χ3n) is 3.58. The lowest BCUT2D eigenvalue weighted by Gasteiger charge is -2.44. The van der Waals surface area contributed by atoms with Crippen LogP contribution in [0, 0.1) is 0 Å². The monoisotopic (exact) mass is 570 g/mol. The molecular weight excluding hydrogens is 570 g/mol. The normalized spacial score (nSPS) is 16.9. The van der Waals surface area contributed by atoms with Gasteiger partial charge in [0.25, 0.3) is 0 Å². The van der Waals surface area contributed by atoms with E-state index in [4.69, 9.17) is 0 Å². The van der Waals surface area contributed by atoms with Crippen molar-refractivity contribution in [3.05, 3.63) is 0 Å². The highest BCUT2D eigenvalue weighted by Crippen LogP contribution is 2.66. The Morgan fingerprint density at radius 2 is 0.455 bits per heavy atom. The smallest absolute Gasteiger partial charge is 0.192 e. The third-order valence-corrected chi connectivity index (χ3v) is 4.03. The third kappa shape index (κ3) is 3.73. The molecule has 0 spiro atoms. The summed E-state index contributed by atoms with van der Waals surface area (Å²) < 4.78 is 280. The minimum atomic E-state index is -9.22. The first kappa shape index (κ1) is 31.8. The maximum Gasteiger partial charge on any atom is 0.460 e. The molecule has 0 aliphatic rings. The van der Waals surface area contributed by atoms with E-state index in [9.17, 15) is 96.1 Å². The Balaban J connectivity index is 7.03. The molecule has 0 aliphatic carbocycles. The van der Waals surface area contributed by atoms with Crippen molar-refractivity contribution < 1.29 is 96.1 Å². The van der Waals surface area contributed by atoms with E-state index in [0.717, 1.165) is 0 Å². The SMILES string of the molecule is FSC(F)(F)C(F)(F)C(F)(F)C(F)(F)C(F)(F)C(F)(F)C(F)(F)C(F)(F)C(F)(F)C(F)(F)F. The second kappa shape index (κ2) is 7.65. The second-order valence-corrected chi connectivity index (χ2v) is 6.35. The van der Waals surface area contributed by atoms with Crippen molar-refractivity contribution in [1.82, 2.24) is 0 Å². The number of hydrogen-bond acceptors (Lipinski definition) is 1. The van der Waals surface area contributed by atoms with Gasteiger partial charge >= 0.3 is 58.8 Å². The van der Waals surface area contributed by atoms with Gasteiger partial charge in [0.15, 0.2) is 0 Å². The van der Waals surface area contributed by atoms with Gasteiger partial charge in [0.2, 0.25) is 0 Å². The van der Waals surface area contributed by atoms with E-state index < -0.39 is 71.0 Å². The summed E-state index contributed by atoms with van der Waals surface area (Å²) >= 11 is -3.31. The molecule has 23 heteroatoms. The highest BCUT2D eigenvalue weighted by Gasteiger charge is 2.98. The fraction of sp³-hybridized carbons (Fsp3) is 1.00. The predicted molar refractivity (Wildman–Crippen MR) is 59.3 cm³/mol. The van der Waals surface area contributed by atoms with Gasteiger partial charge in [0.05, 0.1) is 0 Å². The lowest BCUT2D eigenvalue weighted by atomic mass is 9.87. The van der Waals surface area contributed by atoms with Crippen molar-refractivity contribution in [2.75, 3.05) is 0 Å². The zero-order chi connectivity index (χ0) is 27.7. The van der Waals surface area contributed by atoms with Crippen molar-refractivity contribution >= 4 is 12.1 Å². The second-order valence-electron chi connectivity index (χ2n) is 5.69. The van der Waals surface area contributed by atoms with Crippen LogP contribution in [0.3, 0.4) is 0 Å². The molecule has 0 aliphatic heterocycles. The number of rotatable bonds is 9. The van der Waals surface area contributed by atoms with Crippen molar-refractivity contribution in [1.29, 1.82) is 0 Å². The average Bonchev–Trinajstić information content (AvgIpc) is 2.59. The minimum Gasteiger partial charge on any atom is -0.192 e. The highest BCUT2D eigenvalue weighted by atomic mass is 32.2. The van der Waals surface area contributed by atoms with Crippen LogP contribution >= 0.6 is 12.1 Å². The van der Waals surface area contributed by atoms with E-state index in [-0.39, 0.29) is 0 Å². The van der Waals surface area contributed by atoms with Gasteiger partial charge in [-0.15, -0.1) is 0 Å². The Morgan fingerprint density at radius 1 is 0.273 bits per heavy atom. The van der Waals surface area contributed by atoms with E-state index >= 15 is 0 Å². The van der Waals surface area contributed by atoms with Crippen LogP contribution in [0.25, 0.3) is 0 Å². The van der Waals surface area contributed by atoms with Crippen LogP contribution in [-0.4, -0.2) is 58.8 Å². The zero-order valence-electron chi connectivity index (χ0n) is 13.7. The molecule has 0 bridgehead atoms. The Morgan fingerprint density at radius 3 is 0.636 bits per heavy atom. The summed E-state index contributed by atoms with van der Waals surface area (Å²) in [6, 6.07) is 0. The van der Waals surface area contributed by atoms with E-state index in [0.29, 0.717) is 0 Å². The molecule has 0 amide bonds. The van der Waals surface area contributed by atoms with Gasteiger partial charge in [-0.1, -0.05) is 0 Å². The van der Waals surface area contributed by atoms with Crippen molar-refractivity contribution in [3.63, 3.8) is 0 Å². The zero-order valence-corrected chi connectivity index (χ0v) is 14.5. The quantitative estimate of drug-likeness (QED) is 0.255. The maximum absolute atomic E-state index is 13.2. The van der Waals surface area contributed by atoms with E-state index in [1.165, 1.54) is 0 Å². The van der Waals surface area contributed by atoms with Gasteiger partial charge in [-0.3, -0.25) is 0 Å². The Hall–Kier alpha value is -1.19. The predicted octanol–water partition coefficient (Wildman–Crippen LogP) is 7.84. The summed E-state index contributed by atoms with van der Waals surface area (Å²) in [6.07, 6.45) is -8.02. The first-order valence-electron chi connectivity index (χ1n) is 6.58. The molecule has 0 fully saturated rings. The summed E-state index contributed by atoms with van der Waals surface area (Å²) in [5.41, 5.74) is 0. The molecule has 0 saturated heterocycles. The number of alkyl halides is 21. The molecule has 0 saturated carbocycles. The fourth-order valence-corrected chi connectivity index (χ4v) is 1.82. The summed E-state index contributed by atoms with van der Waals surface area (Å²) in [6.45, 7) is 0. The average molecular weight is 570 g/mol. The maximum atomic E-state index is 13.2. The van der Waals surface area contributed by atoms with Crippen LogP contribution in [0.4, 0.5) is 96.1 Å². The first-order valence-corrected chi connectivity index (χ1v) is 7.29. The standard InChI is InChI=1S/C10F22S/c11-1(12,3(15,16)5(19,20)7(23,24)9(27,28)29)2(13,14)4(17,18)6(21,22)8(25,26)10(30,31)33-32. The Labute approximate surface area is 168 Å². The molecule has 33 heavy (non-hydrogen) atoms. The minimum absolute atomic E-state index is 3.31. The van der Waals surface area contributed by atoms with Crippen molar-refractivity contribution in [3.8, 4) is 0 Å². The van der Waals surface area contributed by atoms with E-state index in [1.54, 1.807) is 0 Å². The van der Waals surface area contributed by atoms with E-state index in [1.807, 2.05) is 0 Å². The Bertz CT molecular complexity index is 713. The van der Waals surface area contributed by atoms with Gasteiger partial charge in [-0.2, -0.15) is 96.1 Å². The molecule has 0 unspecified atom stereocenters. The number of hydrogen-bond donors (Lipinski definition) is 0. The molecule has 0 radical (unpaired) electrons. The number of halogens is 22. The fourth-order valence-electron chi connectivity index (χ4n) is 1.59. The Kier molecular flexibility index (Phi) is 7.38. The molecule has 0 nitrogen and oxygen atoms in total. The topological polar surface area (TPSA) is 0 Å². The molecule has 0 heterocycles. The van der Waals surface area contributed by atoms with Gasteiger partial charge < -0.3 is 0 Å². The van der Waals surface area contributed by atoms with Gasteiger partial charge in [0.1, 0.15) is 12.1 Å². The van der Waals surface area contributed by atoms with Crippen LogP contribution in [0.15, 0.2) is 0 Å². The van der Waals surface area contributed by atoms with Crippen molar-refractivity contribution in [2.24, 2.45) is 0 Å². The molecule has 0 aromatic heterocycles. The summed E-state index contributed by atoms with van der Waals surface area (Å²) in [7, 11) is 0. The largest absolute Gasteiger partial charge is 0.460 e. The van der Waals surface area contributed by atoms with Crippen molar-refractivity contribution in [2.45, 2.75) is 58.8 Å². The van der Waals surface area contributed by atoms with Gasteiger partial charge in [0, 0.05) is 0 Å². The molecule has 0 atom stereocenters. The molecule has 0 rings (SSSR count). The van der Waals surface area contributed by atoms with Crippen LogP contribution in [-0.2, 0) is 0 Å². The van der Waals surface area contributed by atoms with Crippen LogP contribution in [0.1, 0.15) is 0 Å². The summed E-state index contributed by atoms with van der Waals surface area (Å²) in [5, 5.41) is -7.24. The van der Waals surface area contributed by atoms with Crippen LogP contribution < -0.4 is 0 Å². The summed E-state index contributed by atoms with van der Waals surface area (Å²) in [5.74, 6) is -71.0. The molecule has 200 valence electrons. The molecule has 0 aromatic carbocycles. The molecule has 0 aromatic rings. The highest BCUT2D eigenvalue weighted by molar-refractivity contribution is 7.95. The lowest BCUT2D eigenvalue weighted by molar-refractivity contribution is -0.472. The first-order chi connectivity index (χ1) is 13.8. The lowest BCUT2D eigenvalue weighted by Crippen LogP contribution is -2.76. The van der Waals surface area contributed by atoms with Crippen LogP contribution in [0.2, 0.25) is 0 Å². The molecule has 0 N–H and O–H groups in total.